The van der Waals surface area contributed by atoms with Crippen molar-refractivity contribution >= 4 is 5.91 Å². The number of carbonyl (C=O) groups excluding carboxylic acids is 1. The van der Waals surface area contributed by atoms with Gasteiger partial charge in [0, 0.05) is 13.1 Å². The Kier molecular flexibility index (Phi) is 7.07. The molecule has 0 aliphatic carbocycles. The van der Waals surface area contributed by atoms with Gasteiger partial charge in [0.05, 0.1) is 0 Å². The van der Waals surface area contributed by atoms with Gasteiger partial charge in [-0.2, -0.15) is 0 Å². The average molecular weight is 320 g/mol. The molecule has 0 saturated carbocycles. The first-order valence-corrected chi connectivity index (χ1v) is 8.33. The van der Waals surface area contributed by atoms with Crippen LogP contribution in [0.25, 0.3) is 0 Å². The summed E-state index contributed by atoms with van der Waals surface area (Å²) in [6.45, 7) is 12.3. The van der Waals surface area contributed by atoms with E-state index in [4.69, 9.17) is 4.74 Å². The van der Waals surface area contributed by atoms with E-state index in [0.29, 0.717) is 6.54 Å². The van der Waals surface area contributed by atoms with Crippen LogP contribution in [0.3, 0.4) is 0 Å². The minimum absolute atomic E-state index is 0.0656. The van der Waals surface area contributed by atoms with Gasteiger partial charge in [0.2, 0.25) is 0 Å². The third-order valence-corrected chi connectivity index (χ3v) is 3.83. The van der Waals surface area contributed by atoms with E-state index in [1.165, 1.54) is 5.56 Å². The van der Waals surface area contributed by atoms with Crippen molar-refractivity contribution in [3.8, 4) is 5.75 Å². The van der Waals surface area contributed by atoms with Gasteiger partial charge in [-0.1, -0.05) is 39.8 Å². The highest BCUT2D eigenvalue weighted by atomic mass is 16.5. The Hall–Kier alpha value is -1.55. The molecule has 0 fully saturated rings. The number of rotatable bonds is 7. The predicted octanol–water partition coefficient (Wildman–Crippen LogP) is 2.91. The Morgan fingerprint density at radius 1 is 1.26 bits per heavy atom. The van der Waals surface area contributed by atoms with Crippen LogP contribution in [0.15, 0.2) is 12.1 Å². The Morgan fingerprint density at radius 2 is 1.91 bits per heavy atom. The second kappa shape index (κ2) is 8.34. The summed E-state index contributed by atoms with van der Waals surface area (Å²) in [5, 5.41) is 2.87. The normalized spacial score (nSPS) is 11.7. The van der Waals surface area contributed by atoms with Crippen molar-refractivity contribution in [2.75, 3.05) is 33.8 Å². The smallest absolute Gasteiger partial charge is 0.257 e. The molecule has 0 aromatic heterocycles. The van der Waals surface area contributed by atoms with Gasteiger partial charge in [0.25, 0.3) is 5.91 Å². The van der Waals surface area contributed by atoms with Crippen LogP contribution in [-0.2, 0) is 16.6 Å². The summed E-state index contributed by atoms with van der Waals surface area (Å²) in [5.41, 5.74) is 3.66. The molecule has 23 heavy (non-hydrogen) atoms. The number of likely N-dealkylation sites (N-methyl/N-ethyl adjacent to an activating group) is 1. The lowest BCUT2D eigenvalue weighted by Gasteiger charge is -2.23. The maximum atomic E-state index is 11.9. The first-order chi connectivity index (χ1) is 10.6. The zero-order valence-corrected chi connectivity index (χ0v) is 15.7. The summed E-state index contributed by atoms with van der Waals surface area (Å²) >= 11 is 0. The minimum atomic E-state index is -0.0757. The number of amides is 1. The Balaban J connectivity index is 2.75. The molecule has 0 aliphatic rings. The molecule has 0 heterocycles. The van der Waals surface area contributed by atoms with Crippen molar-refractivity contribution in [3.63, 3.8) is 0 Å². The van der Waals surface area contributed by atoms with E-state index in [0.717, 1.165) is 29.8 Å². The molecular formula is C19H32N2O2. The number of carbonyl (C=O) groups is 1. The van der Waals surface area contributed by atoms with Crippen molar-refractivity contribution in [1.29, 1.82) is 0 Å². The number of nitrogens with one attached hydrogen (secondary N) is 1. The molecule has 1 amide bonds. The van der Waals surface area contributed by atoms with Crippen LogP contribution in [0, 0.1) is 6.92 Å². The molecule has 0 bridgehead atoms. The molecule has 130 valence electrons. The maximum Gasteiger partial charge on any atom is 0.257 e. The van der Waals surface area contributed by atoms with E-state index in [1.807, 2.05) is 25.9 Å². The van der Waals surface area contributed by atoms with Crippen molar-refractivity contribution in [2.24, 2.45) is 0 Å². The fourth-order valence-electron chi connectivity index (χ4n) is 2.36. The molecule has 0 atom stereocenters. The van der Waals surface area contributed by atoms with Gasteiger partial charge >= 0.3 is 0 Å². The molecule has 4 nitrogen and oxygen atoms in total. The molecule has 1 N–H and O–H groups in total. The number of nitrogens with zero attached hydrogens (tertiary/aromatic N) is 1. The summed E-state index contributed by atoms with van der Waals surface area (Å²) in [6.07, 6.45) is 0.891. The van der Waals surface area contributed by atoms with Crippen molar-refractivity contribution in [2.45, 2.75) is 46.5 Å². The van der Waals surface area contributed by atoms with Crippen LogP contribution in [0.2, 0.25) is 0 Å². The third kappa shape index (κ3) is 6.22. The van der Waals surface area contributed by atoms with Gasteiger partial charge in [-0.05, 0) is 49.5 Å². The van der Waals surface area contributed by atoms with E-state index in [2.05, 4.69) is 45.1 Å². The van der Waals surface area contributed by atoms with Gasteiger partial charge in [0.15, 0.2) is 6.61 Å². The topological polar surface area (TPSA) is 41.6 Å². The van der Waals surface area contributed by atoms with Gasteiger partial charge in [-0.3, -0.25) is 4.79 Å². The summed E-state index contributed by atoms with van der Waals surface area (Å²) < 4.78 is 5.82. The molecular weight excluding hydrogens is 288 g/mol. The van der Waals surface area contributed by atoms with Crippen molar-refractivity contribution in [3.05, 3.63) is 28.8 Å². The molecule has 0 saturated heterocycles. The molecule has 1 rings (SSSR count). The number of aryl methyl sites for hydroxylation is 2. The zero-order chi connectivity index (χ0) is 17.6. The first kappa shape index (κ1) is 19.5. The summed E-state index contributed by atoms with van der Waals surface area (Å²) in [5.74, 6) is 0.775. The van der Waals surface area contributed by atoms with E-state index in [1.54, 1.807) is 0 Å². The van der Waals surface area contributed by atoms with Crippen LogP contribution in [-0.4, -0.2) is 44.6 Å². The second-order valence-electron chi connectivity index (χ2n) is 7.33. The van der Waals surface area contributed by atoms with E-state index < -0.39 is 0 Å². The number of hydrogen-bond donors (Lipinski definition) is 1. The number of ether oxygens (including phenoxy) is 1. The van der Waals surface area contributed by atoms with Gasteiger partial charge < -0.3 is 15.0 Å². The Morgan fingerprint density at radius 3 is 2.43 bits per heavy atom. The van der Waals surface area contributed by atoms with E-state index >= 15 is 0 Å². The quantitative estimate of drug-likeness (QED) is 0.840. The molecule has 0 radical (unpaired) electrons. The number of benzene rings is 1. The van der Waals surface area contributed by atoms with E-state index in [9.17, 15) is 4.79 Å². The first-order valence-electron chi connectivity index (χ1n) is 8.33. The Labute approximate surface area is 141 Å². The fourth-order valence-corrected chi connectivity index (χ4v) is 2.36. The summed E-state index contributed by atoms with van der Waals surface area (Å²) in [4.78, 5) is 13.9. The van der Waals surface area contributed by atoms with Crippen molar-refractivity contribution < 1.29 is 9.53 Å². The largest absolute Gasteiger partial charge is 0.483 e. The third-order valence-electron chi connectivity index (χ3n) is 3.83. The Bertz CT molecular complexity index is 531. The zero-order valence-electron chi connectivity index (χ0n) is 15.7. The van der Waals surface area contributed by atoms with Gasteiger partial charge in [0.1, 0.15) is 5.75 Å². The lowest BCUT2D eigenvalue weighted by Crippen LogP contribution is -2.34. The van der Waals surface area contributed by atoms with Crippen molar-refractivity contribution in [1.82, 2.24) is 10.2 Å². The predicted molar refractivity (Wildman–Crippen MR) is 96.3 cm³/mol. The number of hydrogen-bond acceptors (Lipinski definition) is 3. The van der Waals surface area contributed by atoms with Crippen LogP contribution >= 0.6 is 0 Å². The summed E-state index contributed by atoms with van der Waals surface area (Å²) in [6, 6.07) is 4.37. The highest BCUT2D eigenvalue weighted by molar-refractivity contribution is 5.77. The second-order valence-corrected chi connectivity index (χ2v) is 7.33. The SMILES string of the molecule is CCc1cc(C(C)(C)C)cc(C)c1OCC(=O)NCCN(C)C. The molecule has 4 heteroatoms. The van der Waals surface area contributed by atoms with Crippen LogP contribution in [0.4, 0.5) is 0 Å². The molecule has 1 aromatic rings. The molecule has 0 aliphatic heterocycles. The lowest BCUT2D eigenvalue weighted by atomic mass is 9.84. The molecule has 0 spiro atoms. The van der Waals surface area contributed by atoms with Crippen LogP contribution < -0.4 is 10.1 Å². The molecule has 1 aromatic carbocycles. The highest BCUT2D eigenvalue weighted by Gasteiger charge is 2.18. The standard InChI is InChI=1S/C19H32N2O2/c1-8-15-12-16(19(3,4)5)11-14(2)18(15)23-13-17(22)20-9-10-21(6)7/h11-12H,8-10,13H2,1-7H3,(H,20,22). The summed E-state index contributed by atoms with van der Waals surface area (Å²) in [7, 11) is 3.96. The maximum absolute atomic E-state index is 11.9. The molecule has 0 unspecified atom stereocenters. The average Bonchev–Trinajstić information content (AvgIpc) is 2.43. The minimum Gasteiger partial charge on any atom is -0.483 e. The van der Waals surface area contributed by atoms with Gasteiger partial charge in [-0.25, -0.2) is 0 Å². The highest BCUT2D eigenvalue weighted by Crippen LogP contribution is 2.31. The van der Waals surface area contributed by atoms with Crippen LogP contribution in [0.5, 0.6) is 5.75 Å². The monoisotopic (exact) mass is 320 g/mol. The van der Waals surface area contributed by atoms with Crippen LogP contribution in [0.1, 0.15) is 44.4 Å². The fraction of sp³-hybridized carbons (Fsp3) is 0.632. The lowest BCUT2D eigenvalue weighted by molar-refractivity contribution is -0.123. The van der Waals surface area contributed by atoms with Gasteiger partial charge in [-0.15, -0.1) is 0 Å². The van der Waals surface area contributed by atoms with E-state index in [-0.39, 0.29) is 17.9 Å².